The van der Waals surface area contributed by atoms with Crippen LogP contribution in [-0.2, 0) is 4.79 Å². The van der Waals surface area contributed by atoms with E-state index in [0.717, 1.165) is 17.7 Å². The van der Waals surface area contributed by atoms with Gasteiger partial charge in [0.15, 0.2) is 0 Å². The van der Waals surface area contributed by atoms with Gasteiger partial charge in [0, 0.05) is 23.2 Å². The Balaban J connectivity index is 1.45. The summed E-state index contributed by atoms with van der Waals surface area (Å²) in [7, 11) is 0. The van der Waals surface area contributed by atoms with Gasteiger partial charge in [-0.2, -0.15) is 4.98 Å². The highest BCUT2D eigenvalue weighted by molar-refractivity contribution is 5.90. The minimum absolute atomic E-state index is 0.00169. The molecule has 2 N–H and O–H groups in total. The number of hydrogen-bond donors (Lipinski definition) is 2. The summed E-state index contributed by atoms with van der Waals surface area (Å²) >= 11 is 0. The van der Waals surface area contributed by atoms with Gasteiger partial charge in [-0.1, -0.05) is 12.1 Å². The number of amides is 1. The molecular weight excluding hydrogens is 304 g/mol. The van der Waals surface area contributed by atoms with Crippen molar-refractivity contribution in [3.05, 3.63) is 30.2 Å². The molecule has 1 saturated carbocycles. The van der Waals surface area contributed by atoms with Gasteiger partial charge in [0.2, 0.25) is 17.6 Å². The van der Waals surface area contributed by atoms with Crippen molar-refractivity contribution in [2.45, 2.75) is 57.0 Å². The van der Waals surface area contributed by atoms with Gasteiger partial charge in [0.25, 0.3) is 0 Å². The molecule has 1 aromatic heterocycles. The van der Waals surface area contributed by atoms with E-state index in [1.54, 1.807) is 0 Å². The van der Waals surface area contributed by atoms with Gasteiger partial charge in [0.1, 0.15) is 0 Å². The summed E-state index contributed by atoms with van der Waals surface area (Å²) in [5.74, 6) is 1.27. The van der Waals surface area contributed by atoms with Gasteiger partial charge >= 0.3 is 0 Å². The Morgan fingerprint density at radius 3 is 2.75 bits per heavy atom. The molecule has 2 fully saturated rings. The molecule has 2 heterocycles. The minimum atomic E-state index is 0.00169. The van der Waals surface area contributed by atoms with E-state index >= 15 is 0 Å². The molecule has 1 amide bonds. The molecule has 1 aliphatic heterocycles. The van der Waals surface area contributed by atoms with E-state index in [1.807, 2.05) is 31.2 Å². The molecule has 6 heteroatoms. The third-order valence-electron chi connectivity index (χ3n) is 5.19. The number of hydrogen-bond acceptors (Lipinski definition) is 5. The second kappa shape index (κ2) is 6.02. The molecule has 1 aliphatic carbocycles. The van der Waals surface area contributed by atoms with E-state index < -0.39 is 0 Å². The summed E-state index contributed by atoms with van der Waals surface area (Å²) in [6.07, 6.45) is 6.55. The van der Waals surface area contributed by atoms with Crippen LogP contribution >= 0.6 is 0 Å². The fourth-order valence-corrected chi connectivity index (χ4v) is 3.56. The standard InChI is InChI=1S/C18H22N4O2/c1-2-15(23)19-13-6-4-12(5-7-13)16-20-17(24-22-16)14-8-11-18(21-14)9-3-10-18/h4-7,14,21H,2-3,8-11H2,1H3,(H,19,23). The quantitative estimate of drug-likeness (QED) is 0.900. The lowest BCUT2D eigenvalue weighted by Gasteiger charge is -2.38. The number of anilines is 1. The first-order valence-electron chi connectivity index (χ1n) is 8.69. The third-order valence-corrected chi connectivity index (χ3v) is 5.19. The number of carbonyl (C=O) groups is 1. The number of carbonyl (C=O) groups excluding carboxylic acids is 1. The second-order valence-electron chi connectivity index (χ2n) is 6.80. The van der Waals surface area contributed by atoms with Crippen LogP contribution in [0.4, 0.5) is 5.69 Å². The zero-order chi connectivity index (χ0) is 16.6. The molecule has 24 heavy (non-hydrogen) atoms. The summed E-state index contributed by atoms with van der Waals surface area (Å²) in [6, 6.07) is 7.69. The van der Waals surface area contributed by atoms with Crippen molar-refractivity contribution >= 4 is 11.6 Å². The number of benzene rings is 1. The van der Waals surface area contributed by atoms with Gasteiger partial charge in [-0.25, -0.2) is 0 Å². The van der Waals surface area contributed by atoms with Crippen molar-refractivity contribution in [3.63, 3.8) is 0 Å². The Bertz CT molecular complexity index is 734. The normalized spacial score (nSPS) is 21.6. The molecule has 2 aliphatic rings. The van der Waals surface area contributed by atoms with Crippen molar-refractivity contribution in [1.82, 2.24) is 15.5 Å². The first-order chi connectivity index (χ1) is 11.7. The molecule has 1 aromatic carbocycles. The number of rotatable bonds is 4. The smallest absolute Gasteiger partial charge is 0.244 e. The van der Waals surface area contributed by atoms with Gasteiger partial charge in [-0.3, -0.25) is 4.79 Å². The Morgan fingerprint density at radius 2 is 2.12 bits per heavy atom. The Labute approximate surface area is 141 Å². The predicted octanol–water partition coefficient (Wildman–Crippen LogP) is 3.43. The number of nitrogens with zero attached hydrogens (tertiary/aromatic N) is 2. The molecule has 2 aromatic rings. The van der Waals surface area contributed by atoms with Crippen LogP contribution in [0.15, 0.2) is 28.8 Å². The van der Waals surface area contributed by atoms with E-state index in [-0.39, 0.29) is 11.9 Å². The topological polar surface area (TPSA) is 80.0 Å². The minimum Gasteiger partial charge on any atom is -0.337 e. The molecule has 1 unspecified atom stereocenters. The van der Waals surface area contributed by atoms with Crippen LogP contribution in [0, 0.1) is 0 Å². The lowest BCUT2D eigenvalue weighted by atomic mass is 9.76. The fourth-order valence-electron chi connectivity index (χ4n) is 3.56. The highest BCUT2D eigenvalue weighted by atomic mass is 16.5. The fraction of sp³-hybridized carbons (Fsp3) is 0.500. The SMILES string of the molecule is CCC(=O)Nc1ccc(-c2noc(C3CCC4(CCC4)N3)n2)cc1. The average molecular weight is 326 g/mol. The maximum absolute atomic E-state index is 11.4. The molecular formula is C18H22N4O2. The zero-order valence-electron chi connectivity index (χ0n) is 13.8. The van der Waals surface area contributed by atoms with Crippen LogP contribution in [0.3, 0.4) is 0 Å². The van der Waals surface area contributed by atoms with E-state index in [2.05, 4.69) is 20.8 Å². The lowest BCUT2D eigenvalue weighted by molar-refractivity contribution is -0.115. The Hall–Kier alpha value is -2.21. The number of nitrogens with one attached hydrogen (secondary N) is 2. The molecule has 0 bridgehead atoms. The summed E-state index contributed by atoms with van der Waals surface area (Å²) in [5.41, 5.74) is 1.99. The third kappa shape index (κ3) is 2.82. The van der Waals surface area contributed by atoms with E-state index in [4.69, 9.17) is 4.52 Å². The highest BCUT2D eigenvalue weighted by Gasteiger charge is 2.44. The van der Waals surface area contributed by atoms with Gasteiger partial charge < -0.3 is 15.2 Å². The van der Waals surface area contributed by atoms with E-state index in [0.29, 0.717) is 23.7 Å². The molecule has 4 rings (SSSR count). The van der Waals surface area contributed by atoms with Crippen molar-refractivity contribution in [2.75, 3.05) is 5.32 Å². The second-order valence-corrected chi connectivity index (χ2v) is 6.80. The Morgan fingerprint density at radius 1 is 1.33 bits per heavy atom. The first-order valence-corrected chi connectivity index (χ1v) is 8.69. The van der Waals surface area contributed by atoms with Gasteiger partial charge in [-0.05, 0) is 56.4 Å². The van der Waals surface area contributed by atoms with Crippen LogP contribution in [-0.4, -0.2) is 21.6 Å². The Kier molecular flexibility index (Phi) is 3.84. The zero-order valence-corrected chi connectivity index (χ0v) is 13.8. The summed E-state index contributed by atoms with van der Waals surface area (Å²) in [4.78, 5) is 16.0. The van der Waals surface area contributed by atoms with Crippen molar-refractivity contribution in [1.29, 1.82) is 0 Å². The molecule has 126 valence electrons. The van der Waals surface area contributed by atoms with Crippen molar-refractivity contribution < 1.29 is 9.32 Å². The predicted molar refractivity (Wildman–Crippen MR) is 90.3 cm³/mol. The molecule has 0 radical (unpaired) electrons. The van der Waals surface area contributed by atoms with Crippen LogP contribution in [0.25, 0.3) is 11.4 Å². The van der Waals surface area contributed by atoms with E-state index in [1.165, 1.54) is 25.7 Å². The van der Waals surface area contributed by atoms with Gasteiger partial charge in [-0.15, -0.1) is 0 Å². The largest absolute Gasteiger partial charge is 0.337 e. The van der Waals surface area contributed by atoms with E-state index in [9.17, 15) is 4.79 Å². The van der Waals surface area contributed by atoms with Crippen molar-refractivity contribution in [3.8, 4) is 11.4 Å². The maximum atomic E-state index is 11.4. The lowest BCUT2D eigenvalue weighted by Crippen LogP contribution is -2.46. The summed E-state index contributed by atoms with van der Waals surface area (Å²) in [5, 5.41) is 10.6. The highest BCUT2D eigenvalue weighted by Crippen LogP contribution is 2.44. The molecule has 1 atom stereocenters. The van der Waals surface area contributed by atoms with Crippen LogP contribution < -0.4 is 10.6 Å². The summed E-state index contributed by atoms with van der Waals surface area (Å²) in [6.45, 7) is 1.83. The molecule has 6 nitrogen and oxygen atoms in total. The van der Waals surface area contributed by atoms with Crippen LogP contribution in [0.5, 0.6) is 0 Å². The summed E-state index contributed by atoms with van der Waals surface area (Å²) < 4.78 is 5.48. The first kappa shape index (κ1) is 15.3. The molecule has 1 spiro atoms. The van der Waals surface area contributed by atoms with Crippen LogP contribution in [0.2, 0.25) is 0 Å². The maximum Gasteiger partial charge on any atom is 0.244 e. The van der Waals surface area contributed by atoms with Crippen LogP contribution in [0.1, 0.15) is 57.4 Å². The monoisotopic (exact) mass is 326 g/mol. The molecule has 1 saturated heterocycles. The van der Waals surface area contributed by atoms with Crippen molar-refractivity contribution in [2.24, 2.45) is 0 Å². The average Bonchev–Trinajstić information content (AvgIpc) is 3.22. The number of aromatic nitrogens is 2. The van der Waals surface area contributed by atoms with Gasteiger partial charge in [0.05, 0.1) is 6.04 Å².